The molecule has 3 N–H and O–H groups in total. The van der Waals surface area contributed by atoms with E-state index in [4.69, 9.17) is 5.73 Å². The van der Waals surface area contributed by atoms with E-state index in [9.17, 15) is 9.59 Å². The first-order valence-electron chi connectivity index (χ1n) is 8.01. The summed E-state index contributed by atoms with van der Waals surface area (Å²) < 4.78 is 0. The zero-order chi connectivity index (χ0) is 18.4. The van der Waals surface area contributed by atoms with Crippen LogP contribution < -0.4 is 16.0 Å². The Morgan fingerprint density at radius 2 is 1.48 bits per heavy atom. The van der Waals surface area contributed by atoms with Crippen LogP contribution in [0.25, 0.3) is 0 Å². The van der Waals surface area contributed by atoms with Crippen LogP contribution in [0, 0.1) is 0 Å². The van der Waals surface area contributed by atoms with Crippen molar-refractivity contribution >= 4 is 17.6 Å². The number of primary amides is 1. The molecule has 0 radical (unpaired) electrons. The van der Waals surface area contributed by atoms with Crippen molar-refractivity contribution in [2.75, 3.05) is 26.0 Å². The molecule has 0 unspecified atom stereocenters. The average Bonchev–Trinajstić information content (AvgIpc) is 2.60. The predicted octanol–water partition coefficient (Wildman–Crippen LogP) is 2.19. The van der Waals surface area contributed by atoms with Crippen LogP contribution in [-0.2, 0) is 13.1 Å². The third-order valence-electron chi connectivity index (χ3n) is 3.89. The van der Waals surface area contributed by atoms with Crippen molar-refractivity contribution in [1.82, 2.24) is 10.2 Å². The highest BCUT2D eigenvalue weighted by Gasteiger charge is 2.12. The van der Waals surface area contributed by atoms with E-state index in [1.807, 2.05) is 55.4 Å². The van der Waals surface area contributed by atoms with E-state index in [-0.39, 0.29) is 5.91 Å². The second-order valence-corrected chi connectivity index (χ2v) is 6.14. The number of carbonyl (C=O) groups is 2. The molecule has 2 aromatic rings. The van der Waals surface area contributed by atoms with E-state index in [2.05, 4.69) is 5.32 Å². The van der Waals surface area contributed by atoms with Gasteiger partial charge in [-0.2, -0.15) is 0 Å². The summed E-state index contributed by atoms with van der Waals surface area (Å²) in [5.41, 5.74) is 8.73. The molecule has 0 atom stereocenters. The van der Waals surface area contributed by atoms with Crippen molar-refractivity contribution in [2.45, 2.75) is 13.1 Å². The van der Waals surface area contributed by atoms with Crippen LogP contribution in [0.5, 0.6) is 0 Å². The molecule has 0 spiro atoms. The molecule has 0 heterocycles. The summed E-state index contributed by atoms with van der Waals surface area (Å²) in [5.74, 6) is -0.0499. The van der Waals surface area contributed by atoms with Gasteiger partial charge in [-0.15, -0.1) is 0 Å². The molecular weight excluding hydrogens is 316 g/mol. The van der Waals surface area contributed by atoms with Gasteiger partial charge in [-0.25, -0.2) is 4.79 Å². The largest absolute Gasteiger partial charge is 0.378 e. The van der Waals surface area contributed by atoms with Gasteiger partial charge in [0.25, 0.3) is 5.91 Å². The molecule has 0 aliphatic heterocycles. The van der Waals surface area contributed by atoms with E-state index in [0.717, 1.165) is 16.8 Å². The summed E-state index contributed by atoms with van der Waals surface area (Å²) in [5, 5.41) is 2.52. The number of rotatable bonds is 6. The first-order chi connectivity index (χ1) is 11.9. The SMILES string of the molecule is CN(Cc1ccc(N(C)C)cc1)C(=O)c1ccc(CNC(N)=O)cc1. The van der Waals surface area contributed by atoms with Gasteiger partial charge in [-0.1, -0.05) is 24.3 Å². The summed E-state index contributed by atoms with van der Waals surface area (Å²) in [6, 6.07) is 14.7. The Bertz CT molecular complexity index is 724. The van der Waals surface area contributed by atoms with Crippen LogP contribution in [-0.4, -0.2) is 38.0 Å². The fraction of sp³-hybridized carbons (Fsp3) is 0.263. The molecule has 132 valence electrons. The number of carbonyl (C=O) groups excluding carboxylic acids is 2. The minimum atomic E-state index is -0.569. The van der Waals surface area contributed by atoms with Gasteiger partial charge >= 0.3 is 6.03 Å². The highest BCUT2D eigenvalue weighted by molar-refractivity contribution is 5.94. The number of benzene rings is 2. The van der Waals surface area contributed by atoms with Gasteiger partial charge in [0, 0.05) is 45.5 Å². The third kappa shape index (κ3) is 5.24. The van der Waals surface area contributed by atoms with Crippen molar-refractivity contribution in [3.05, 3.63) is 65.2 Å². The fourth-order valence-corrected chi connectivity index (χ4v) is 2.42. The normalized spacial score (nSPS) is 10.2. The lowest BCUT2D eigenvalue weighted by Crippen LogP contribution is -2.28. The maximum atomic E-state index is 12.5. The van der Waals surface area contributed by atoms with E-state index >= 15 is 0 Å². The monoisotopic (exact) mass is 340 g/mol. The lowest BCUT2D eigenvalue weighted by atomic mass is 10.1. The second-order valence-electron chi connectivity index (χ2n) is 6.14. The molecule has 25 heavy (non-hydrogen) atoms. The van der Waals surface area contributed by atoms with Gasteiger partial charge in [0.2, 0.25) is 0 Å². The molecule has 0 aliphatic rings. The fourth-order valence-electron chi connectivity index (χ4n) is 2.42. The molecule has 0 aliphatic carbocycles. The summed E-state index contributed by atoms with van der Waals surface area (Å²) >= 11 is 0. The summed E-state index contributed by atoms with van der Waals surface area (Å²) in [6.07, 6.45) is 0. The Morgan fingerprint density at radius 3 is 2.00 bits per heavy atom. The molecule has 2 aromatic carbocycles. The number of hydrogen-bond donors (Lipinski definition) is 2. The zero-order valence-corrected chi connectivity index (χ0v) is 14.8. The van der Waals surface area contributed by atoms with Crippen LogP contribution in [0.4, 0.5) is 10.5 Å². The number of nitrogens with two attached hydrogens (primary N) is 1. The predicted molar refractivity (Wildman–Crippen MR) is 99.4 cm³/mol. The van der Waals surface area contributed by atoms with Crippen molar-refractivity contribution in [1.29, 1.82) is 0 Å². The molecule has 0 saturated heterocycles. The molecule has 6 heteroatoms. The quantitative estimate of drug-likeness (QED) is 0.846. The van der Waals surface area contributed by atoms with E-state index < -0.39 is 6.03 Å². The van der Waals surface area contributed by atoms with Gasteiger partial charge in [0.1, 0.15) is 0 Å². The van der Waals surface area contributed by atoms with Gasteiger partial charge in [0.05, 0.1) is 0 Å². The Labute approximate surface area is 148 Å². The topological polar surface area (TPSA) is 78.7 Å². The van der Waals surface area contributed by atoms with Gasteiger partial charge < -0.3 is 20.9 Å². The first-order valence-corrected chi connectivity index (χ1v) is 8.01. The molecule has 0 fully saturated rings. The van der Waals surface area contributed by atoms with Gasteiger partial charge in [-0.05, 0) is 35.4 Å². The van der Waals surface area contributed by atoms with Crippen LogP contribution in [0.3, 0.4) is 0 Å². The maximum Gasteiger partial charge on any atom is 0.312 e. The Morgan fingerprint density at radius 1 is 0.920 bits per heavy atom. The highest BCUT2D eigenvalue weighted by Crippen LogP contribution is 2.15. The summed E-state index contributed by atoms with van der Waals surface area (Å²) in [7, 11) is 5.77. The smallest absolute Gasteiger partial charge is 0.312 e. The number of nitrogens with zero attached hydrogens (tertiary/aromatic N) is 2. The minimum absolute atomic E-state index is 0.0499. The van der Waals surface area contributed by atoms with Crippen molar-refractivity contribution in [2.24, 2.45) is 5.73 Å². The van der Waals surface area contributed by atoms with Gasteiger partial charge in [-0.3, -0.25) is 4.79 Å². The number of nitrogens with one attached hydrogen (secondary N) is 1. The molecule has 6 nitrogen and oxygen atoms in total. The molecule has 3 amide bonds. The van der Waals surface area contributed by atoms with Crippen LogP contribution >= 0.6 is 0 Å². The number of anilines is 1. The van der Waals surface area contributed by atoms with Crippen LogP contribution in [0.15, 0.2) is 48.5 Å². The van der Waals surface area contributed by atoms with E-state index in [0.29, 0.717) is 18.7 Å². The maximum absolute atomic E-state index is 12.5. The summed E-state index contributed by atoms with van der Waals surface area (Å²) in [4.78, 5) is 27.0. The van der Waals surface area contributed by atoms with E-state index in [1.54, 1.807) is 24.1 Å². The Balaban J connectivity index is 1.98. The Kier molecular flexibility index (Phi) is 6.00. The van der Waals surface area contributed by atoms with Crippen molar-refractivity contribution in [3.63, 3.8) is 0 Å². The number of hydrogen-bond acceptors (Lipinski definition) is 3. The van der Waals surface area contributed by atoms with Crippen molar-refractivity contribution in [3.8, 4) is 0 Å². The van der Waals surface area contributed by atoms with Crippen molar-refractivity contribution < 1.29 is 9.59 Å². The number of amides is 3. The molecule has 0 bridgehead atoms. The molecular formula is C19H24N4O2. The standard InChI is InChI=1S/C19H24N4O2/c1-22(2)17-10-6-15(7-11-17)13-23(3)18(24)16-8-4-14(5-9-16)12-21-19(20)25/h4-11H,12-13H2,1-3H3,(H3,20,21,25). The zero-order valence-electron chi connectivity index (χ0n) is 14.8. The summed E-state index contributed by atoms with van der Waals surface area (Å²) in [6.45, 7) is 0.884. The first kappa shape index (κ1) is 18.3. The molecule has 2 rings (SSSR count). The third-order valence-corrected chi connectivity index (χ3v) is 3.89. The van der Waals surface area contributed by atoms with Crippen LogP contribution in [0.2, 0.25) is 0 Å². The molecule has 0 saturated carbocycles. The van der Waals surface area contributed by atoms with Gasteiger partial charge in [0.15, 0.2) is 0 Å². The Hall–Kier alpha value is -3.02. The highest BCUT2D eigenvalue weighted by atomic mass is 16.2. The second kappa shape index (κ2) is 8.19. The average molecular weight is 340 g/mol. The lowest BCUT2D eigenvalue weighted by Gasteiger charge is -2.18. The minimum Gasteiger partial charge on any atom is -0.378 e. The number of urea groups is 1. The molecule has 0 aromatic heterocycles. The van der Waals surface area contributed by atoms with Crippen LogP contribution in [0.1, 0.15) is 21.5 Å². The van der Waals surface area contributed by atoms with E-state index in [1.165, 1.54) is 0 Å². The lowest BCUT2D eigenvalue weighted by molar-refractivity contribution is 0.0785.